The summed E-state index contributed by atoms with van der Waals surface area (Å²) in [5.41, 5.74) is 8.61. The average molecular weight is 272 g/mol. The summed E-state index contributed by atoms with van der Waals surface area (Å²) in [6.45, 7) is 3.01. The van der Waals surface area contributed by atoms with Crippen molar-refractivity contribution in [3.8, 4) is 0 Å². The molecule has 2 aliphatic rings. The number of carbonyl (C=O) groups is 1. The quantitative estimate of drug-likeness (QED) is 0.919. The van der Waals surface area contributed by atoms with Gasteiger partial charge in [-0.1, -0.05) is 24.3 Å². The summed E-state index contributed by atoms with van der Waals surface area (Å²) in [5.74, 6) is 0.248. The number of aryl methyl sites for hydroxylation is 1. The highest BCUT2D eigenvalue weighted by Crippen LogP contribution is 2.37. The summed E-state index contributed by atoms with van der Waals surface area (Å²) < 4.78 is 0. The van der Waals surface area contributed by atoms with Gasteiger partial charge in [-0.05, 0) is 50.2 Å². The van der Waals surface area contributed by atoms with Crippen LogP contribution in [0.4, 0.5) is 0 Å². The standard InChI is InChI=1S/C17H24N2O/c1-13-6-2-3-7-14(13)15-8-4-11-19(15)16(20)12-17(18)9-5-10-17/h2-3,6-7,15H,4-5,8-12,18H2,1H3. The van der Waals surface area contributed by atoms with Gasteiger partial charge in [0.05, 0.1) is 6.04 Å². The van der Waals surface area contributed by atoms with Crippen LogP contribution in [0.25, 0.3) is 0 Å². The second kappa shape index (κ2) is 5.21. The van der Waals surface area contributed by atoms with Crippen molar-refractivity contribution in [2.75, 3.05) is 6.54 Å². The van der Waals surface area contributed by atoms with Crippen molar-refractivity contribution < 1.29 is 4.79 Å². The van der Waals surface area contributed by atoms with Crippen molar-refractivity contribution in [3.63, 3.8) is 0 Å². The van der Waals surface area contributed by atoms with Crippen LogP contribution in [0.15, 0.2) is 24.3 Å². The summed E-state index contributed by atoms with van der Waals surface area (Å²) >= 11 is 0. The predicted molar refractivity (Wildman–Crippen MR) is 80.3 cm³/mol. The first-order valence-electron chi connectivity index (χ1n) is 7.73. The fourth-order valence-electron chi connectivity index (χ4n) is 3.56. The molecule has 3 heteroatoms. The average Bonchev–Trinajstić information content (AvgIpc) is 2.86. The van der Waals surface area contributed by atoms with Crippen molar-refractivity contribution in [2.24, 2.45) is 5.73 Å². The minimum absolute atomic E-state index is 0.212. The van der Waals surface area contributed by atoms with Crippen LogP contribution in [0.1, 0.15) is 55.7 Å². The van der Waals surface area contributed by atoms with Crippen molar-refractivity contribution in [1.82, 2.24) is 4.90 Å². The van der Waals surface area contributed by atoms with E-state index in [2.05, 4.69) is 36.1 Å². The van der Waals surface area contributed by atoms with E-state index >= 15 is 0 Å². The van der Waals surface area contributed by atoms with Crippen LogP contribution in [-0.2, 0) is 4.79 Å². The molecule has 1 atom stereocenters. The summed E-state index contributed by atoms with van der Waals surface area (Å²) in [6.07, 6.45) is 5.88. The Kier molecular flexibility index (Phi) is 3.55. The molecule has 2 fully saturated rings. The molecule has 2 N–H and O–H groups in total. The lowest BCUT2D eigenvalue weighted by Gasteiger charge is -2.39. The molecule has 0 radical (unpaired) electrons. The van der Waals surface area contributed by atoms with Crippen LogP contribution in [0, 0.1) is 6.92 Å². The Morgan fingerprint density at radius 3 is 2.75 bits per heavy atom. The molecule has 3 rings (SSSR count). The van der Waals surface area contributed by atoms with Gasteiger partial charge in [0.15, 0.2) is 0 Å². The van der Waals surface area contributed by atoms with E-state index in [4.69, 9.17) is 5.73 Å². The van der Waals surface area contributed by atoms with E-state index in [1.807, 2.05) is 0 Å². The fourth-order valence-corrected chi connectivity index (χ4v) is 3.56. The van der Waals surface area contributed by atoms with Gasteiger partial charge in [-0.3, -0.25) is 4.79 Å². The molecule has 1 aromatic rings. The summed E-state index contributed by atoms with van der Waals surface area (Å²) in [6, 6.07) is 8.68. The van der Waals surface area contributed by atoms with Gasteiger partial charge in [0.1, 0.15) is 0 Å². The van der Waals surface area contributed by atoms with Crippen LogP contribution in [0.3, 0.4) is 0 Å². The molecule has 1 amide bonds. The molecule has 1 saturated heterocycles. The number of amides is 1. The van der Waals surface area contributed by atoms with Crippen LogP contribution in [0.2, 0.25) is 0 Å². The van der Waals surface area contributed by atoms with Gasteiger partial charge in [-0.2, -0.15) is 0 Å². The second-order valence-corrected chi connectivity index (χ2v) is 6.49. The van der Waals surface area contributed by atoms with Crippen LogP contribution < -0.4 is 5.73 Å². The van der Waals surface area contributed by atoms with Gasteiger partial charge in [0, 0.05) is 18.5 Å². The monoisotopic (exact) mass is 272 g/mol. The van der Waals surface area contributed by atoms with Gasteiger partial charge in [-0.15, -0.1) is 0 Å². The molecule has 1 aliphatic carbocycles. The van der Waals surface area contributed by atoms with Gasteiger partial charge in [0.25, 0.3) is 0 Å². The molecular formula is C17H24N2O. The smallest absolute Gasteiger partial charge is 0.224 e. The van der Waals surface area contributed by atoms with Crippen LogP contribution in [-0.4, -0.2) is 22.9 Å². The zero-order chi connectivity index (χ0) is 14.2. The van der Waals surface area contributed by atoms with Gasteiger partial charge >= 0.3 is 0 Å². The summed E-state index contributed by atoms with van der Waals surface area (Å²) in [5, 5.41) is 0. The molecule has 1 heterocycles. The van der Waals surface area contributed by atoms with Crippen molar-refractivity contribution in [3.05, 3.63) is 35.4 Å². The molecule has 1 unspecified atom stereocenters. The first kappa shape index (κ1) is 13.6. The molecule has 1 saturated carbocycles. The molecule has 108 valence electrons. The third kappa shape index (κ3) is 2.47. The Morgan fingerprint density at radius 2 is 2.10 bits per heavy atom. The number of likely N-dealkylation sites (tertiary alicyclic amines) is 1. The Labute approximate surface area is 121 Å². The largest absolute Gasteiger partial charge is 0.336 e. The molecule has 3 nitrogen and oxygen atoms in total. The minimum Gasteiger partial charge on any atom is -0.336 e. The topological polar surface area (TPSA) is 46.3 Å². The third-order valence-corrected chi connectivity index (χ3v) is 4.97. The maximum atomic E-state index is 12.6. The van der Waals surface area contributed by atoms with E-state index in [1.54, 1.807) is 0 Å². The number of rotatable bonds is 3. The lowest BCUT2D eigenvalue weighted by Crippen LogP contribution is -2.50. The van der Waals surface area contributed by atoms with Crippen molar-refractivity contribution >= 4 is 5.91 Å². The molecule has 1 aliphatic heterocycles. The number of carbonyl (C=O) groups excluding carboxylic acids is 1. The molecule has 1 aromatic carbocycles. The minimum atomic E-state index is -0.212. The van der Waals surface area contributed by atoms with Gasteiger partial charge < -0.3 is 10.6 Å². The highest BCUT2D eigenvalue weighted by Gasteiger charge is 2.38. The van der Waals surface area contributed by atoms with E-state index < -0.39 is 0 Å². The predicted octanol–water partition coefficient (Wildman–Crippen LogP) is 2.93. The van der Waals surface area contributed by atoms with E-state index in [-0.39, 0.29) is 17.5 Å². The number of benzene rings is 1. The Hall–Kier alpha value is -1.35. The van der Waals surface area contributed by atoms with E-state index in [0.717, 1.165) is 32.2 Å². The van der Waals surface area contributed by atoms with Crippen LogP contribution >= 0.6 is 0 Å². The Balaban J connectivity index is 1.75. The highest BCUT2D eigenvalue weighted by atomic mass is 16.2. The van der Waals surface area contributed by atoms with E-state index in [9.17, 15) is 4.79 Å². The molecule has 0 aromatic heterocycles. The van der Waals surface area contributed by atoms with E-state index in [0.29, 0.717) is 6.42 Å². The van der Waals surface area contributed by atoms with E-state index in [1.165, 1.54) is 17.5 Å². The summed E-state index contributed by atoms with van der Waals surface area (Å²) in [7, 11) is 0. The molecular weight excluding hydrogens is 248 g/mol. The molecule has 0 bridgehead atoms. The maximum Gasteiger partial charge on any atom is 0.224 e. The number of nitrogens with two attached hydrogens (primary N) is 1. The summed E-state index contributed by atoms with van der Waals surface area (Å²) in [4.78, 5) is 14.7. The maximum absolute atomic E-state index is 12.6. The highest BCUT2D eigenvalue weighted by molar-refractivity contribution is 5.78. The number of nitrogens with zero attached hydrogens (tertiary/aromatic N) is 1. The number of hydrogen-bond acceptors (Lipinski definition) is 2. The second-order valence-electron chi connectivity index (χ2n) is 6.49. The number of hydrogen-bond donors (Lipinski definition) is 1. The van der Waals surface area contributed by atoms with Gasteiger partial charge in [-0.25, -0.2) is 0 Å². The third-order valence-electron chi connectivity index (χ3n) is 4.97. The zero-order valence-corrected chi connectivity index (χ0v) is 12.3. The first-order valence-corrected chi connectivity index (χ1v) is 7.73. The zero-order valence-electron chi connectivity index (χ0n) is 12.3. The lowest BCUT2D eigenvalue weighted by molar-refractivity contribution is -0.134. The normalized spacial score (nSPS) is 24.5. The first-order chi connectivity index (χ1) is 9.59. The van der Waals surface area contributed by atoms with Crippen molar-refractivity contribution in [1.29, 1.82) is 0 Å². The Bertz CT molecular complexity index is 507. The molecule has 0 spiro atoms. The fraction of sp³-hybridized carbons (Fsp3) is 0.588. The molecule has 20 heavy (non-hydrogen) atoms. The van der Waals surface area contributed by atoms with Crippen molar-refractivity contribution in [2.45, 2.75) is 57.0 Å². The van der Waals surface area contributed by atoms with Crippen LogP contribution in [0.5, 0.6) is 0 Å². The SMILES string of the molecule is Cc1ccccc1C1CCCN1C(=O)CC1(N)CCC1. The Morgan fingerprint density at radius 1 is 1.35 bits per heavy atom. The lowest BCUT2D eigenvalue weighted by atomic mass is 9.75. The van der Waals surface area contributed by atoms with Gasteiger partial charge in [0.2, 0.25) is 5.91 Å².